The van der Waals surface area contributed by atoms with Crippen molar-refractivity contribution < 1.29 is 18.8 Å². The molecule has 8 heteroatoms. The lowest BCUT2D eigenvalue weighted by Crippen LogP contribution is -2.30. The first-order valence-corrected chi connectivity index (χ1v) is 12.8. The van der Waals surface area contributed by atoms with Crippen LogP contribution in [-0.2, 0) is 4.79 Å². The summed E-state index contributed by atoms with van der Waals surface area (Å²) in [7, 11) is 0. The summed E-state index contributed by atoms with van der Waals surface area (Å²) in [6.07, 6.45) is 1.48. The third-order valence-corrected chi connectivity index (χ3v) is 6.87. The lowest BCUT2D eigenvalue weighted by atomic mass is 10.1. The number of ketones is 1. The molecule has 0 aliphatic carbocycles. The van der Waals surface area contributed by atoms with Crippen LogP contribution in [0.3, 0.4) is 0 Å². The molecule has 5 nitrogen and oxygen atoms in total. The fourth-order valence-corrected chi connectivity index (χ4v) is 4.78. The second kappa shape index (κ2) is 12.1. The standard InChI is InChI=1S/C28H21FN2O3S2/c29-21-13-11-19(12-14-21)16-24(31-27(33)20-6-2-1-3-7-20)28(34)30-22-8-4-9-23(17-22)36-18-25(32)26-10-5-15-35-26/h1-17H,18H2,(H,30,34)(H,31,33)/b24-16-. The van der Waals surface area contributed by atoms with Gasteiger partial charge < -0.3 is 10.6 Å². The van der Waals surface area contributed by atoms with Crippen molar-refractivity contribution in [1.29, 1.82) is 0 Å². The topological polar surface area (TPSA) is 75.3 Å². The Balaban J connectivity index is 1.49. The van der Waals surface area contributed by atoms with E-state index in [0.717, 1.165) is 4.90 Å². The van der Waals surface area contributed by atoms with Gasteiger partial charge in [-0.2, -0.15) is 0 Å². The number of anilines is 1. The SMILES string of the molecule is O=C(Nc1cccc(SCC(=O)c2cccs2)c1)/C(=C/c1ccc(F)cc1)NC(=O)c1ccccc1. The summed E-state index contributed by atoms with van der Waals surface area (Å²) in [4.78, 5) is 39.7. The highest BCUT2D eigenvalue weighted by atomic mass is 32.2. The van der Waals surface area contributed by atoms with Crippen LogP contribution >= 0.6 is 23.1 Å². The van der Waals surface area contributed by atoms with Gasteiger partial charge in [0.05, 0.1) is 10.6 Å². The van der Waals surface area contributed by atoms with Gasteiger partial charge in [-0.25, -0.2) is 4.39 Å². The first-order valence-electron chi connectivity index (χ1n) is 10.9. The first kappa shape index (κ1) is 25.1. The largest absolute Gasteiger partial charge is 0.321 e. The predicted molar refractivity (Wildman–Crippen MR) is 143 cm³/mol. The molecule has 3 aromatic carbocycles. The lowest BCUT2D eigenvalue weighted by Gasteiger charge is -2.12. The molecule has 1 heterocycles. The fourth-order valence-electron chi connectivity index (χ4n) is 3.19. The smallest absolute Gasteiger partial charge is 0.272 e. The van der Waals surface area contributed by atoms with Gasteiger partial charge in [-0.1, -0.05) is 42.5 Å². The third kappa shape index (κ3) is 7.00. The Labute approximate surface area is 216 Å². The van der Waals surface area contributed by atoms with Gasteiger partial charge in [0.2, 0.25) is 0 Å². The van der Waals surface area contributed by atoms with Crippen molar-refractivity contribution in [3.05, 3.63) is 124 Å². The van der Waals surface area contributed by atoms with Crippen LogP contribution in [0.15, 0.2) is 107 Å². The van der Waals surface area contributed by atoms with Gasteiger partial charge in [0, 0.05) is 16.1 Å². The minimum Gasteiger partial charge on any atom is -0.321 e. The zero-order valence-corrected chi connectivity index (χ0v) is 20.6. The summed E-state index contributed by atoms with van der Waals surface area (Å²) < 4.78 is 13.3. The van der Waals surface area contributed by atoms with Crippen LogP contribution in [0.5, 0.6) is 0 Å². The maximum absolute atomic E-state index is 13.3. The number of hydrogen-bond acceptors (Lipinski definition) is 5. The van der Waals surface area contributed by atoms with Crippen molar-refractivity contribution in [2.24, 2.45) is 0 Å². The maximum atomic E-state index is 13.3. The number of nitrogens with one attached hydrogen (secondary N) is 2. The number of rotatable bonds is 9. The number of thiophene rings is 1. The lowest BCUT2D eigenvalue weighted by molar-refractivity contribution is -0.113. The first-order chi connectivity index (χ1) is 17.5. The average Bonchev–Trinajstić information content (AvgIpc) is 3.44. The van der Waals surface area contributed by atoms with Crippen molar-refractivity contribution >= 4 is 52.5 Å². The molecule has 4 aromatic rings. The van der Waals surface area contributed by atoms with Gasteiger partial charge in [0.15, 0.2) is 5.78 Å². The summed E-state index contributed by atoms with van der Waals surface area (Å²) >= 11 is 2.78. The number of amides is 2. The van der Waals surface area contributed by atoms with Crippen LogP contribution in [0.1, 0.15) is 25.6 Å². The van der Waals surface area contributed by atoms with E-state index in [0.29, 0.717) is 21.7 Å². The van der Waals surface area contributed by atoms with Gasteiger partial charge in [0.25, 0.3) is 11.8 Å². The summed E-state index contributed by atoms with van der Waals surface area (Å²) in [5, 5.41) is 7.31. The molecule has 36 heavy (non-hydrogen) atoms. The Kier molecular flexibility index (Phi) is 8.44. The molecule has 0 radical (unpaired) electrons. The molecular formula is C28H21FN2O3S2. The van der Waals surface area contributed by atoms with E-state index in [1.165, 1.54) is 53.4 Å². The molecule has 0 aliphatic rings. The second-order valence-electron chi connectivity index (χ2n) is 7.60. The van der Waals surface area contributed by atoms with E-state index in [4.69, 9.17) is 0 Å². The van der Waals surface area contributed by atoms with Crippen molar-refractivity contribution in [3.8, 4) is 0 Å². The number of Topliss-reactive ketones (excluding diaryl/α,β-unsaturated/α-hetero) is 1. The monoisotopic (exact) mass is 516 g/mol. The number of carbonyl (C=O) groups excluding carboxylic acids is 3. The van der Waals surface area contributed by atoms with Crippen molar-refractivity contribution in [2.75, 3.05) is 11.1 Å². The fraction of sp³-hybridized carbons (Fsp3) is 0.0357. The van der Waals surface area contributed by atoms with Crippen LogP contribution in [0, 0.1) is 5.82 Å². The normalized spacial score (nSPS) is 11.1. The molecule has 2 amide bonds. The molecule has 1 aromatic heterocycles. The van der Waals surface area contributed by atoms with Gasteiger partial charge in [-0.3, -0.25) is 14.4 Å². The average molecular weight is 517 g/mol. The van der Waals surface area contributed by atoms with Gasteiger partial charge >= 0.3 is 0 Å². The minimum absolute atomic E-state index is 0.00129. The Morgan fingerprint density at radius 1 is 0.889 bits per heavy atom. The molecule has 0 bridgehead atoms. The van der Waals surface area contributed by atoms with Crippen LogP contribution in [0.25, 0.3) is 6.08 Å². The molecule has 0 fully saturated rings. The highest BCUT2D eigenvalue weighted by Gasteiger charge is 2.16. The quantitative estimate of drug-likeness (QED) is 0.156. The molecule has 0 atom stereocenters. The molecule has 0 unspecified atom stereocenters. The predicted octanol–water partition coefficient (Wildman–Crippen LogP) is 6.27. The van der Waals surface area contributed by atoms with E-state index in [-0.39, 0.29) is 17.2 Å². The van der Waals surface area contributed by atoms with E-state index >= 15 is 0 Å². The number of carbonyl (C=O) groups is 3. The van der Waals surface area contributed by atoms with Gasteiger partial charge in [0.1, 0.15) is 11.5 Å². The number of thioether (sulfide) groups is 1. The second-order valence-corrected chi connectivity index (χ2v) is 9.60. The number of hydrogen-bond donors (Lipinski definition) is 2. The zero-order valence-electron chi connectivity index (χ0n) is 18.9. The van der Waals surface area contributed by atoms with E-state index in [2.05, 4.69) is 10.6 Å². The van der Waals surface area contributed by atoms with Crippen LogP contribution in [0.2, 0.25) is 0 Å². The van der Waals surface area contributed by atoms with Crippen molar-refractivity contribution in [3.63, 3.8) is 0 Å². The van der Waals surface area contributed by atoms with E-state index in [9.17, 15) is 18.8 Å². The number of halogens is 1. The highest BCUT2D eigenvalue weighted by molar-refractivity contribution is 8.00. The van der Waals surface area contributed by atoms with E-state index in [1.807, 2.05) is 17.5 Å². The summed E-state index contributed by atoms with van der Waals surface area (Å²) in [6.45, 7) is 0. The molecule has 0 saturated carbocycles. The third-order valence-electron chi connectivity index (χ3n) is 4.97. The molecule has 180 valence electrons. The van der Waals surface area contributed by atoms with Crippen LogP contribution in [-0.4, -0.2) is 23.4 Å². The molecule has 4 rings (SSSR count). The Morgan fingerprint density at radius 3 is 2.39 bits per heavy atom. The molecule has 0 spiro atoms. The number of benzene rings is 3. The van der Waals surface area contributed by atoms with E-state index < -0.39 is 17.6 Å². The zero-order chi connectivity index (χ0) is 25.3. The summed E-state index contributed by atoms with van der Waals surface area (Å²) in [5.41, 5.74) is 1.45. The maximum Gasteiger partial charge on any atom is 0.272 e. The van der Waals surface area contributed by atoms with Crippen LogP contribution in [0.4, 0.5) is 10.1 Å². The molecule has 0 saturated heterocycles. The van der Waals surface area contributed by atoms with Crippen LogP contribution < -0.4 is 10.6 Å². The van der Waals surface area contributed by atoms with Gasteiger partial charge in [-0.05, 0) is 65.6 Å². The van der Waals surface area contributed by atoms with Crippen molar-refractivity contribution in [2.45, 2.75) is 4.90 Å². The molecule has 2 N–H and O–H groups in total. The Morgan fingerprint density at radius 2 is 1.67 bits per heavy atom. The highest BCUT2D eigenvalue weighted by Crippen LogP contribution is 2.24. The summed E-state index contributed by atoms with van der Waals surface area (Å²) in [6, 6.07) is 24.9. The summed E-state index contributed by atoms with van der Waals surface area (Å²) in [5.74, 6) is -1.08. The minimum atomic E-state index is -0.541. The Hall–Kier alpha value is -4.01. The molecular weight excluding hydrogens is 495 g/mol. The van der Waals surface area contributed by atoms with Crippen molar-refractivity contribution in [1.82, 2.24) is 5.32 Å². The Bertz CT molecular complexity index is 1390. The van der Waals surface area contributed by atoms with Gasteiger partial charge in [-0.15, -0.1) is 23.1 Å². The van der Waals surface area contributed by atoms with E-state index in [1.54, 1.807) is 54.6 Å². The molecule has 0 aliphatic heterocycles.